The Bertz CT molecular complexity index is 1000. The van der Waals surface area contributed by atoms with Gasteiger partial charge in [0.2, 0.25) is 0 Å². The second-order valence-corrected chi connectivity index (χ2v) is 8.52. The van der Waals surface area contributed by atoms with Crippen LogP contribution in [0, 0.1) is 13.8 Å². The van der Waals surface area contributed by atoms with Gasteiger partial charge in [-0.3, -0.25) is 5.32 Å². The fraction of sp³-hybridized carbons (Fsp3) is 0.273. The maximum absolute atomic E-state index is 12.6. The van der Waals surface area contributed by atoms with E-state index in [1.54, 1.807) is 6.20 Å². The summed E-state index contributed by atoms with van der Waals surface area (Å²) < 4.78 is 0. The van der Waals surface area contributed by atoms with Crippen molar-refractivity contribution < 1.29 is 9.90 Å². The Labute approximate surface area is 168 Å². The van der Waals surface area contributed by atoms with Crippen LogP contribution in [0.2, 0.25) is 0 Å². The molecule has 1 aliphatic rings. The first-order valence-electron chi connectivity index (χ1n) is 9.28. The number of carbonyl (C=O) groups excluding carboxylic acids is 1. The van der Waals surface area contributed by atoms with Crippen LogP contribution in [0.1, 0.15) is 22.3 Å². The number of hydrogen-bond acceptors (Lipinski definition) is 4. The van der Waals surface area contributed by atoms with Gasteiger partial charge in [0, 0.05) is 6.20 Å². The summed E-state index contributed by atoms with van der Waals surface area (Å²) in [6.45, 7) is 4.03. The molecule has 0 bridgehead atoms. The Kier molecular flexibility index (Phi) is 4.91. The number of nitrogens with zero attached hydrogens (tertiary/aromatic N) is 1. The van der Waals surface area contributed by atoms with Crippen molar-refractivity contribution >= 4 is 22.5 Å². The Morgan fingerprint density at radius 2 is 1.89 bits per heavy atom. The van der Waals surface area contributed by atoms with Crippen LogP contribution in [-0.2, 0) is 12.8 Å². The van der Waals surface area contributed by atoms with Crippen molar-refractivity contribution in [2.45, 2.75) is 32.2 Å². The van der Waals surface area contributed by atoms with Crippen LogP contribution >= 0.6 is 11.3 Å². The molecule has 2 aromatic carbocycles. The average molecular weight is 394 g/mol. The van der Waals surface area contributed by atoms with Gasteiger partial charge in [0.15, 0.2) is 5.13 Å². The van der Waals surface area contributed by atoms with E-state index < -0.39 is 5.54 Å². The van der Waals surface area contributed by atoms with Crippen LogP contribution in [0.5, 0.6) is 0 Å². The molecular weight excluding hydrogens is 370 g/mol. The van der Waals surface area contributed by atoms with Gasteiger partial charge in [0.25, 0.3) is 0 Å². The minimum absolute atomic E-state index is 0.110. The largest absolute Gasteiger partial charge is 0.394 e. The summed E-state index contributed by atoms with van der Waals surface area (Å²) in [5.74, 6) is 0. The van der Waals surface area contributed by atoms with E-state index in [1.807, 2.05) is 24.3 Å². The molecule has 6 heteroatoms. The lowest BCUT2D eigenvalue weighted by Crippen LogP contribution is -2.53. The van der Waals surface area contributed by atoms with E-state index in [4.69, 9.17) is 0 Å². The standard InChI is InChI=1S/C22H23N3O2S/c1-14-7-8-18(15(2)9-14)19-12-23-21(28-19)24-20(27)25-22(13-26)10-16-5-3-4-6-17(16)11-22/h3-9,12,26H,10-11,13H2,1-2H3,(H2,23,24,25,27). The van der Waals surface area contributed by atoms with E-state index in [2.05, 4.69) is 47.7 Å². The van der Waals surface area contributed by atoms with Crippen LogP contribution in [0.4, 0.5) is 9.93 Å². The summed E-state index contributed by atoms with van der Waals surface area (Å²) >= 11 is 1.44. The molecule has 1 aliphatic carbocycles. The van der Waals surface area contributed by atoms with Gasteiger partial charge in [-0.05, 0) is 48.9 Å². The number of amides is 2. The van der Waals surface area contributed by atoms with Gasteiger partial charge in [-0.25, -0.2) is 9.78 Å². The number of rotatable bonds is 4. The van der Waals surface area contributed by atoms with Crippen molar-refractivity contribution in [1.82, 2.24) is 10.3 Å². The zero-order chi connectivity index (χ0) is 19.7. The molecule has 1 heterocycles. The van der Waals surface area contributed by atoms with Crippen molar-refractivity contribution in [2.24, 2.45) is 0 Å². The van der Waals surface area contributed by atoms with Gasteiger partial charge in [0.1, 0.15) is 0 Å². The monoisotopic (exact) mass is 393 g/mol. The third kappa shape index (κ3) is 3.66. The van der Waals surface area contributed by atoms with Crippen LogP contribution in [-0.4, -0.2) is 28.3 Å². The number of hydrogen-bond donors (Lipinski definition) is 3. The summed E-state index contributed by atoms with van der Waals surface area (Å²) in [5.41, 5.74) is 5.19. The minimum Gasteiger partial charge on any atom is -0.394 e. The molecule has 2 amide bonds. The molecule has 0 fully saturated rings. The van der Waals surface area contributed by atoms with Gasteiger partial charge in [0.05, 0.1) is 17.0 Å². The maximum Gasteiger partial charge on any atom is 0.321 e. The smallest absolute Gasteiger partial charge is 0.321 e. The van der Waals surface area contributed by atoms with Gasteiger partial charge < -0.3 is 10.4 Å². The highest BCUT2D eigenvalue weighted by Crippen LogP contribution is 2.32. The number of nitrogens with one attached hydrogen (secondary N) is 2. The summed E-state index contributed by atoms with van der Waals surface area (Å²) in [6.07, 6.45) is 3.03. The number of aromatic nitrogens is 1. The summed E-state index contributed by atoms with van der Waals surface area (Å²) in [6, 6.07) is 14.0. The van der Waals surface area contributed by atoms with E-state index in [9.17, 15) is 9.90 Å². The number of carbonyl (C=O) groups is 1. The minimum atomic E-state index is -0.665. The molecule has 144 valence electrons. The SMILES string of the molecule is Cc1ccc(-c2cnc(NC(=O)NC3(CO)Cc4ccccc4C3)s2)c(C)c1. The predicted octanol–water partition coefficient (Wildman–Crippen LogP) is 4.08. The molecule has 0 atom stereocenters. The summed E-state index contributed by atoms with van der Waals surface area (Å²) in [5, 5.41) is 16.3. The third-order valence-electron chi connectivity index (χ3n) is 5.23. The van der Waals surface area contributed by atoms with Gasteiger partial charge >= 0.3 is 6.03 Å². The van der Waals surface area contributed by atoms with Crippen LogP contribution in [0.15, 0.2) is 48.7 Å². The number of benzene rings is 2. The first kappa shape index (κ1) is 18.7. The number of fused-ring (bicyclic) bond motifs is 1. The Morgan fingerprint density at radius 3 is 2.54 bits per heavy atom. The summed E-state index contributed by atoms with van der Waals surface area (Å²) in [7, 11) is 0. The number of anilines is 1. The van der Waals surface area contributed by atoms with Crippen molar-refractivity contribution in [1.29, 1.82) is 0 Å². The zero-order valence-electron chi connectivity index (χ0n) is 16.0. The molecule has 0 saturated carbocycles. The Hall–Kier alpha value is -2.70. The van der Waals surface area contributed by atoms with Crippen molar-refractivity contribution in [3.8, 4) is 10.4 Å². The van der Waals surface area contributed by atoms with Crippen molar-refractivity contribution in [3.63, 3.8) is 0 Å². The normalized spacial score (nSPS) is 14.5. The van der Waals surface area contributed by atoms with E-state index in [1.165, 1.54) is 33.6 Å². The average Bonchev–Trinajstić information content (AvgIpc) is 3.26. The molecule has 3 aromatic rings. The molecule has 0 radical (unpaired) electrons. The highest BCUT2D eigenvalue weighted by atomic mass is 32.1. The van der Waals surface area contributed by atoms with E-state index in [-0.39, 0.29) is 12.6 Å². The lowest BCUT2D eigenvalue weighted by molar-refractivity contribution is 0.169. The number of urea groups is 1. The molecule has 0 unspecified atom stereocenters. The number of thiazole rings is 1. The second kappa shape index (κ2) is 7.37. The first-order chi connectivity index (χ1) is 13.5. The molecule has 3 N–H and O–H groups in total. The molecule has 0 saturated heterocycles. The van der Waals surface area contributed by atoms with Crippen molar-refractivity contribution in [2.75, 3.05) is 11.9 Å². The maximum atomic E-state index is 12.6. The zero-order valence-corrected chi connectivity index (χ0v) is 16.8. The molecule has 1 aromatic heterocycles. The number of aliphatic hydroxyl groups excluding tert-OH is 1. The van der Waals surface area contributed by atoms with Gasteiger partial charge in [-0.15, -0.1) is 0 Å². The molecule has 0 aliphatic heterocycles. The van der Waals surface area contributed by atoms with E-state index >= 15 is 0 Å². The van der Waals surface area contributed by atoms with Crippen molar-refractivity contribution in [3.05, 3.63) is 70.9 Å². The van der Waals surface area contributed by atoms with E-state index in [0.29, 0.717) is 18.0 Å². The lowest BCUT2D eigenvalue weighted by Gasteiger charge is -2.27. The molecule has 28 heavy (non-hydrogen) atoms. The number of aliphatic hydroxyl groups is 1. The first-order valence-corrected chi connectivity index (χ1v) is 10.1. The predicted molar refractivity (Wildman–Crippen MR) is 113 cm³/mol. The Morgan fingerprint density at radius 1 is 1.18 bits per heavy atom. The number of aryl methyl sites for hydroxylation is 2. The molecule has 4 rings (SSSR count). The molecule has 0 spiro atoms. The van der Waals surface area contributed by atoms with Crippen LogP contribution in [0.25, 0.3) is 10.4 Å². The van der Waals surface area contributed by atoms with Crippen LogP contribution in [0.3, 0.4) is 0 Å². The van der Waals surface area contributed by atoms with E-state index in [0.717, 1.165) is 10.4 Å². The third-order valence-corrected chi connectivity index (χ3v) is 6.18. The fourth-order valence-corrected chi connectivity index (χ4v) is 4.75. The van der Waals surface area contributed by atoms with Crippen LogP contribution < -0.4 is 10.6 Å². The highest BCUT2D eigenvalue weighted by Gasteiger charge is 2.38. The Balaban J connectivity index is 1.45. The lowest BCUT2D eigenvalue weighted by atomic mass is 9.97. The van der Waals surface area contributed by atoms with Gasteiger partial charge in [-0.1, -0.05) is 59.4 Å². The highest BCUT2D eigenvalue weighted by molar-refractivity contribution is 7.19. The topological polar surface area (TPSA) is 74.2 Å². The molecule has 5 nitrogen and oxygen atoms in total. The van der Waals surface area contributed by atoms with Gasteiger partial charge in [-0.2, -0.15) is 0 Å². The quantitative estimate of drug-likeness (QED) is 0.625. The fourth-order valence-electron chi connectivity index (χ4n) is 3.85. The second-order valence-electron chi connectivity index (χ2n) is 7.49. The summed E-state index contributed by atoms with van der Waals surface area (Å²) in [4.78, 5) is 17.9. The molecular formula is C22H23N3O2S.